The molecule has 1 aromatic heterocycles. The molecule has 3 saturated heterocycles. The number of rotatable bonds is 3. The SMILES string of the molecule is CSc1nc2c(C(=O)NC3CN4CCC3CC4)cccc2o1.Cl. The van der Waals surface area contributed by atoms with E-state index in [0.717, 1.165) is 6.54 Å². The molecular weight excluding hydrogens is 334 g/mol. The summed E-state index contributed by atoms with van der Waals surface area (Å²) in [6, 6.07) is 5.79. The molecule has 0 aliphatic carbocycles. The van der Waals surface area contributed by atoms with Gasteiger partial charge in [-0.25, -0.2) is 4.98 Å². The van der Waals surface area contributed by atoms with Gasteiger partial charge in [0, 0.05) is 12.6 Å². The molecule has 4 heterocycles. The number of nitrogens with one attached hydrogen (secondary N) is 1. The van der Waals surface area contributed by atoms with Crippen molar-refractivity contribution in [2.24, 2.45) is 5.92 Å². The first-order valence-electron chi connectivity index (χ1n) is 7.71. The van der Waals surface area contributed by atoms with E-state index in [1.165, 1.54) is 37.7 Å². The van der Waals surface area contributed by atoms with E-state index in [4.69, 9.17) is 4.42 Å². The number of hydrogen-bond donors (Lipinski definition) is 1. The number of halogens is 1. The third-order valence-electron chi connectivity index (χ3n) is 4.79. The number of oxazole rings is 1. The van der Waals surface area contributed by atoms with Gasteiger partial charge in [0.15, 0.2) is 5.58 Å². The van der Waals surface area contributed by atoms with Gasteiger partial charge in [0.1, 0.15) is 5.52 Å². The number of benzene rings is 1. The van der Waals surface area contributed by atoms with Crippen LogP contribution in [0.3, 0.4) is 0 Å². The first-order valence-corrected chi connectivity index (χ1v) is 8.94. The minimum Gasteiger partial charge on any atom is -0.431 e. The fourth-order valence-corrected chi connectivity index (χ4v) is 3.93. The lowest BCUT2D eigenvalue weighted by molar-refractivity contribution is 0.0621. The largest absolute Gasteiger partial charge is 0.431 e. The van der Waals surface area contributed by atoms with E-state index in [9.17, 15) is 4.79 Å². The van der Waals surface area contributed by atoms with Crippen LogP contribution in [0, 0.1) is 5.92 Å². The highest BCUT2D eigenvalue weighted by Gasteiger charge is 2.35. The van der Waals surface area contributed by atoms with Crippen molar-refractivity contribution in [3.05, 3.63) is 23.8 Å². The molecule has 3 fully saturated rings. The average molecular weight is 354 g/mol. The molecule has 23 heavy (non-hydrogen) atoms. The zero-order chi connectivity index (χ0) is 15.1. The van der Waals surface area contributed by atoms with Crippen molar-refractivity contribution in [2.75, 3.05) is 25.9 Å². The van der Waals surface area contributed by atoms with Crippen LogP contribution < -0.4 is 5.32 Å². The molecule has 0 saturated carbocycles. The van der Waals surface area contributed by atoms with Crippen LogP contribution in [0.4, 0.5) is 0 Å². The Labute approximate surface area is 145 Å². The molecule has 5 rings (SSSR count). The lowest BCUT2D eigenvalue weighted by atomic mass is 9.84. The van der Waals surface area contributed by atoms with Crippen molar-refractivity contribution in [3.63, 3.8) is 0 Å². The first-order chi connectivity index (χ1) is 10.7. The lowest BCUT2D eigenvalue weighted by Crippen LogP contribution is -2.57. The Morgan fingerprint density at radius 3 is 2.83 bits per heavy atom. The minimum absolute atomic E-state index is 0. The number of fused-ring (bicyclic) bond motifs is 4. The summed E-state index contributed by atoms with van der Waals surface area (Å²) in [5.41, 5.74) is 1.94. The van der Waals surface area contributed by atoms with Crippen LogP contribution in [-0.4, -0.2) is 47.7 Å². The zero-order valence-corrected chi connectivity index (χ0v) is 14.6. The third kappa shape index (κ3) is 3.07. The van der Waals surface area contributed by atoms with Crippen molar-refractivity contribution >= 4 is 41.2 Å². The highest BCUT2D eigenvalue weighted by molar-refractivity contribution is 7.98. The number of para-hydroxylation sites is 1. The first kappa shape index (κ1) is 16.6. The molecule has 1 amide bonds. The Bertz CT molecular complexity index is 712. The van der Waals surface area contributed by atoms with E-state index >= 15 is 0 Å². The van der Waals surface area contributed by atoms with E-state index in [1.807, 2.05) is 24.5 Å². The monoisotopic (exact) mass is 353 g/mol. The Morgan fingerprint density at radius 1 is 1.39 bits per heavy atom. The fourth-order valence-electron chi connectivity index (χ4n) is 3.57. The van der Waals surface area contributed by atoms with Crippen LogP contribution in [0.5, 0.6) is 0 Å². The molecule has 0 spiro atoms. The maximum absolute atomic E-state index is 12.7. The van der Waals surface area contributed by atoms with E-state index in [-0.39, 0.29) is 24.4 Å². The second kappa shape index (κ2) is 6.71. The van der Waals surface area contributed by atoms with E-state index < -0.39 is 0 Å². The van der Waals surface area contributed by atoms with E-state index in [0.29, 0.717) is 27.8 Å². The van der Waals surface area contributed by atoms with Crippen molar-refractivity contribution in [3.8, 4) is 0 Å². The van der Waals surface area contributed by atoms with Gasteiger partial charge in [0.25, 0.3) is 11.1 Å². The zero-order valence-electron chi connectivity index (χ0n) is 12.9. The molecule has 7 heteroatoms. The summed E-state index contributed by atoms with van der Waals surface area (Å²) < 4.78 is 5.61. The molecule has 1 atom stereocenters. The van der Waals surface area contributed by atoms with Gasteiger partial charge in [-0.3, -0.25) is 4.79 Å². The minimum atomic E-state index is -0.0368. The molecule has 2 bridgehead atoms. The van der Waals surface area contributed by atoms with Crippen molar-refractivity contribution in [2.45, 2.75) is 24.1 Å². The Hall–Kier alpha value is -1.24. The quantitative estimate of drug-likeness (QED) is 0.860. The maximum atomic E-state index is 12.7. The number of thioether (sulfide) groups is 1. The number of piperidine rings is 3. The third-order valence-corrected chi connectivity index (χ3v) is 5.32. The van der Waals surface area contributed by atoms with Gasteiger partial charge in [-0.05, 0) is 50.2 Å². The summed E-state index contributed by atoms with van der Waals surface area (Å²) in [7, 11) is 0. The van der Waals surface area contributed by atoms with Crippen LogP contribution in [0.1, 0.15) is 23.2 Å². The second-order valence-corrected chi connectivity index (χ2v) is 6.81. The van der Waals surface area contributed by atoms with Gasteiger partial charge in [0.05, 0.1) is 5.56 Å². The van der Waals surface area contributed by atoms with Crippen LogP contribution in [-0.2, 0) is 0 Å². The van der Waals surface area contributed by atoms with Crippen molar-refractivity contribution < 1.29 is 9.21 Å². The molecule has 1 aromatic carbocycles. The van der Waals surface area contributed by atoms with Gasteiger partial charge in [-0.2, -0.15) is 0 Å². The predicted octanol–water partition coefficient (Wildman–Crippen LogP) is 2.80. The Morgan fingerprint density at radius 2 is 2.17 bits per heavy atom. The number of hydrogen-bond acceptors (Lipinski definition) is 5. The van der Waals surface area contributed by atoms with Gasteiger partial charge < -0.3 is 14.6 Å². The summed E-state index contributed by atoms with van der Waals surface area (Å²) in [6.07, 6.45) is 4.29. The van der Waals surface area contributed by atoms with Crippen LogP contribution in [0.2, 0.25) is 0 Å². The average Bonchev–Trinajstić information content (AvgIpc) is 2.99. The topological polar surface area (TPSA) is 58.4 Å². The molecule has 1 unspecified atom stereocenters. The predicted molar refractivity (Wildman–Crippen MR) is 93.5 cm³/mol. The van der Waals surface area contributed by atoms with Gasteiger partial charge in [-0.15, -0.1) is 12.4 Å². The van der Waals surface area contributed by atoms with Gasteiger partial charge in [0.2, 0.25) is 0 Å². The fraction of sp³-hybridized carbons (Fsp3) is 0.500. The van der Waals surface area contributed by atoms with E-state index in [1.54, 1.807) is 0 Å². The summed E-state index contributed by atoms with van der Waals surface area (Å²) >= 11 is 1.44. The molecular formula is C16H20ClN3O2S. The van der Waals surface area contributed by atoms with Crippen molar-refractivity contribution in [1.82, 2.24) is 15.2 Å². The highest BCUT2D eigenvalue weighted by Crippen LogP contribution is 2.28. The Kier molecular flexibility index (Phi) is 4.85. The van der Waals surface area contributed by atoms with Crippen LogP contribution in [0.15, 0.2) is 27.8 Å². The number of carbonyl (C=O) groups excluding carboxylic acids is 1. The number of nitrogens with zero attached hydrogens (tertiary/aromatic N) is 2. The summed E-state index contributed by atoms with van der Waals surface area (Å²) in [6.45, 7) is 3.32. The molecule has 2 aromatic rings. The molecule has 3 aliphatic rings. The summed E-state index contributed by atoms with van der Waals surface area (Å²) in [5, 5.41) is 3.81. The number of carbonyl (C=O) groups is 1. The number of amides is 1. The maximum Gasteiger partial charge on any atom is 0.256 e. The lowest BCUT2D eigenvalue weighted by Gasteiger charge is -2.44. The molecule has 3 aliphatic heterocycles. The van der Waals surface area contributed by atoms with E-state index in [2.05, 4.69) is 15.2 Å². The number of aromatic nitrogens is 1. The second-order valence-electron chi connectivity index (χ2n) is 6.05. The normalized spacial score (nSPS) is 26.0. The van der Waals surface area contributed by atoms with Gasteiger partial charge >= 0.3 is 0 Å². The standard InChI is InChI=1S/C16H19N3O2S.ClH/c1-22-16-18-14-11(3-2-4-13(14)21-16)15(20)17-12-9-19-7-5-10(12)6-8-19;/h2-4,10,12H,5-9H2,1H3,(H,17,20);1H. The Balaban J connectivity index is 0.00000156. The molecule has 1 N–H and O–H groups in total. The molecule has 0 radical (unpaired) electrons. The van der Waals surface area contributed by atoms with Crippen molar-refractivity contribution in [1.29, 1.82) is 0 Å². The van der Waals surface area contributed by atoms with Gasteiger partial charge in [-0.1, -0.05) is 17.8 Å². The molecule has 5 nitrogen and oxygen atoms in total. The summed E-state index contributed by atoms with van der Waals surface area (Å²) in [5.74, 6) is 0.581. The van der Waals surface area contributed by atoms with Crippen LogP contribution in [0.25, 0.3) is 11.1 Å². The highest BCUT2D eigenvalue weighted by atomic mass is 35.5. The smallest absolute Gasteiger partial charge is 0.256 e. The molecule has 124 valence electrons. The van der Waals surface area contributed by atoms with Crippen LogP contribution >= 0.6 is 24.2 Å². The summed E-state index contributed by atoms with van der Waals surface area (Å²) in [4.78, 5) is 19.5.